The van der Waals surface area contributed by atoms with Crippen LogP contribution in [0.15, 0.2) is 42.5 Å². The maximum absolute atomic E-state index is 13.8. The predicted octanol–water partition coefficient (Wildman–Crippen LogP) is 0.800. The zero-order chi connectivity index (χ0) is 23.5. The number of nitrogens with zero attached hydrogens (tertiary/aromatic N) is 1. The molecule has 0 aliphatic carbocycles. The second kappa shape index (κ2) is 7.41. The summed E-state index contributed by atoms with van der Waals surface area (Å²) < 4.78 is 5.38. The lowest BCUT2D eigenvalue weighted by Crippen LogP contribution is -2.53. The third kappa shape index (κ3) is 2.88. The Kier molecular flexibility index (Phi) is 4.75. The summed E-state index contributed by atoms with van der Waals surface area (Å²) in [5.74, 6) is -3.25. The number of para-hydroxylation sites is 2. The second-order valence-corrected chi connectivity index (χ2v) is 8.76. The molecular weight excluding hydrogens is 424 g/mol. The summed E-state index contributed by atoms with van der Waals surface area (Å²) in [6.45, 7) is 1.87. The predicted molar refractivity (Wildman–Crippen MR) is 118 cm³/mol. The molecule has 3 aliphatic rings. The van der Waals surface area contributed by atoms with Gasteiger partial charge in [0.15, 0.2) is 0 Å². The number of fused-ring (bicyclic) bond motifs is 4. The molecular formula is C24H24N4O5. The largest absolute Gasteiger partial charge is 0.496 e. The van der Waals surface area contributed by atoms with Crippen LogP contribution in [0, 0.1) is 18.8 Å². The van der Waals surface area contributed by atoms with Crippen molar-refractivity contribution in [2.75, 3.05) is 12.4 Å². The van der Waals surface area contributed by atoms with Crippen LogP contribution in [-0.4, -0.2) is 41.7 Å². The second-order valence-electron chi connectivity index (χ2n) is 8.76. The van der Waals surface area contributed by atoms with Gasteiger partial charge in [0.2, 0.25) is 23.6 Å². The van der Waals surface area contributed by atoms with Gasteiger partial charge in [0.25, 0.3) is 0 Å². The number of hydrogen-bond donors (Lipinski definition) is 3. The topological polar surface area (TPSA) is 131 Å². The molecule has 33 heavy (non-hydrogen) atoms. The first kappa shape index (κ1) is 21.1. The van der Waals surface area contributed by atoms with E-state index in [4.69, 9.17) is 10.5 Å². The number of nitrogens with one attached hydrogen (secondary N) is 2. The highest BCUT2D eigenvalue weighted by molar-refractivity contribution is 6.15. The van der Waals surface area contributed by atoms with Gasteiger partial charge < -0.3 is 15.8 Å². The maximum atomic E-state index is 13.8. The van der Waals surface area contributed by atoms with Gasteiger partial charge in [-0.05, 0) is 18.6 Å². The number of benzene rings is 2. The smallest absolute Gasteiger partial charge is 0.250 e. The van der Waals surface area contributed by atoms with Crippen molar-refractivity contribution in [3.8, 4) is 5.75 Å². The normalized spacial score (nSPS) is 27.6. The molecule has 0 aromatic heterocycles. The van der Waals surface area contributed by atoms with E-state index in [9.17, 15) is 19.2 Å². The van der Waals surface area contributed by atoms with E-state index in [-0.39, 0.29) is 13.0 Å². The van der Waals surface area contributed by atoms with Gasteiger partial charge in [-0.2, -0.15) is 0 Å². The van der Waals surface area contributed by atoms with Gasteiger partial charge in [-0.1, -0.05) is 36.4 Å². The number of ether oxygens (including phenoxy) is 1. The van der Waals surface area contributed by atoms with Crippen LogP contribution >= 0.6 is 0 Å². The van der Waals surface area contributed by atoms with Crippen LogP contribution in [-0.2, 0) is 31.3 Å². The number of anilines is 1. The number of methoxy groups -OCH3 is 1. The van der Waals surface area contributed by atoms with Gasteiger partial charge in [-0.3, -0.25) is 29.4 Å². The molecule has 4 atom stereocenters. The molecule has 1 spiro atoms. The van der Waals surface area contributed by atoms with Crippen LogP contribution in [0.2, 0.25) is 0 Å². The van der Waals surface area contributed by atoms with Gasteiger partial charge in [0, 0.05) is 29.3 Å². The Hall–Kier alpha value is -3.72. The number of likely N-dealkylation sites (tertiary alicyclic amines) is 1. The van der Waals surface area contributed by atoms with E-state index in [0.717, 1.165) is 5.56 Å². The highest BCUT2D eigenvalue weighted by Crippen LogP contribution is 2.54. The van der Waals surface area contributed by atoms with E-state index in [1.165, 1.54) is 12.0 Å². The standard InChI is InChI=1S/C24H24N4O5/c1-12-6-5-8-14-20(12)26-23(32)24(14)19-18(15(27-24)10-17(25)29)21(30)28(22(19)31)11-13-7-3-4-9-16(13)33-2/h3-9,15,18-19,27H,10-11H2,1-2H3,(H2,25,29)(H,26,32)/t15-,18-,19+,24+/m1/s1. The first-order valence-electron chi connectivity index (χ1n) is 10.7. The number of rotatable bonds is 5. The minimum absolute atomic E-state index is 0.0103. The van der Waals surface area contributed by atoms with Crippen LogP contribution in [0.1, 0.15) is 23.1 Å². The minimum Gasteiger partial charge on any atom is -0.496 e. The molecule has 170 valence electrons. The van der Waals surface area contributed by atoms with Crippen molar-refractivity contribution in [3.63, 3.8) is 0 Å². The van der Waals surface area contributed by atoms with Gasteiger partial charge in [0.1, 0.15) is 11.3 Å². The molecule has 2 fully saturated rings. The van der Waals surface area contributed by atoms with Crippen molar-refractivity contribution in [1.29, 1.82) is 0 Å². The van der Waals surface area contributed by atoms with Crippen LogP contribution in [0.5, 0.6) is 5.75 Å². The quantitative estimate of drug-likeness (QED) is 0.580. The molecule has 9 nitrogen and oxygen atoms in total. The number of nitrogens with two attached hydrogens (primary N) is 1. The number of hydrogen-bond acceptors (Lipinski definition) is 6. The highest BCUT2D eigenvalue weighted by atomic mass is 16.5. The van der Waals surface area contributed by atoms with Crippen LogP contribution < -0.4 is 21.1 Å². The summed E-state index contributed by atoms with van der Waals surface area (Å²) >= 11 is 0. The van der Waals surface area contributed by atoms with E-state index in [2.05, 4.69) is 10.6 Å². The molecule has 5 rings (SSSR count). The van der Waals surface area contributed by atoms with E-state index < -0.39 is 47.0 Å². The van der Waals surface area contributed by atoms with E-state index in [0.29, 0.717) is 22.6 Å². The highest BCUT2D eigenvalue weighted by Gasteiger charge is 2.70. The molecule has 2 aromatic carbocycles. The number of imide groups is 1. The first-order valence-corrected chi connectivity index (χ1v) is 10.7. The Morgan fingerprint density at radius 1 is 1.12 bits per heavy atom. The molecule has 2 aromatic rings. The van der Waals surface area contributed by atoms with Crippen molar-refractivity contribution < 1.29 is 23.9 Å². The van der Waals surface area contributed by atoms with Crippen LogP contribution in [0.3, 0.4) is 0 Å². The number of carbonyl (C=O) groups excluding carboxylic acids is 4. The van der Waals surface area contributed by atoms with Gasteiger partial charge in [0.05, 0.1) is 25.5 Å². The van der Waals surface area contributed by atoms with Crippen molar-refractivity contribution in [3.05, 3.63) is 59.2 Å². The Balaban J connectivity index is 1.61. The lowest BCUT2D eigenvalue weighted by molar-refractivity contribution is -0.143. The molecule has 3 aliphatic heterocycles. The molecule has 9 heteroatoms. The van der Waals surface area contributed by atoms with E-state index in [1.54, 1.807) is 30.3 Å². The molecule has 0 bridgehead atoms. The number of primary amides is 1. The average Bonchev–Trinajstić information content (AvgIpc) is 3.35. The zero-order valence-electron chi connectivity index (χ0n) is 18.3. The number of aryl methyl sites for hydroxylation is 1. The molecule has 0 saturated carbocycles. The van der Waals surface area contributed by atoms with Crippen molar-refractivity contribution in [2.24, 2.45) is 17.6 Å². The summed E-state index contributed by atoms with van der Waals surface area (Å²) in [7, 11) is 1.52. The third-order valence-electron chi connectivity index (χ3n) is 6.99. The van der Waals surface area contributed by atoms with Gasteiger partial charge in [-0.25, -0.2) is 0 Å². The fourth-order valence-electron chi connectivity index (χ4n) is 5.59. The van der Waals surface area contributed by atoms with Crippen molar-refractivity contribution in [1.82, 2.24) is 10.2 Å². The molecule has 4 amide bonds. The maximum Gasteiger partial charge on any atom is 0.250 e. The lowest BCUT2D eigenvalue weighted by atomic mass is 9.76. The van der Waals surface area contributed by atoms with Crippen molar-refractivity contribution >= 4 is 29.3 Å². The SMILES string of the molecule is COc1ccccc1CN1C(=O)[C@H]2[C@@H](C1=O)[C@]1(N[C@@H]2CC(N)=O)C(=O)Nc2c(C)cccc21. The summed E-state index contributed by atoms with van der Waals surface area (Å²) in [5, 5.41) is 6.08. The molecule has 2 saturated heterocycles. The van der Waals surface area contributed by atoms with Gasteiger partial charge in [-0.15, -0.1) is 0 Å². The Morgan fingerprint density at radius 3 is 2.61 bits per heavy atom. The summed E-state index contributed by atoms with van der Waals surface area (Å²) in [6.07, 6.45) is -0.168. The lowest BCUT2D eigenvalue weighted by Gasteiger charge is -2.29. The Morgan fingerprint density at radius 2 is 1.88 bits per heavy atom. The monoisotopic (exact) mass is 448 g/mol. The Bertz CT molecular complexity index is 1210. The molecule has 0 unspecified atom stereocenters. The average molecular weight is 448 g/mol. The number of amides is 4. The molecule has 3 heterocycles. The first-order chi connectivity index (χ1) is 15.8. The van der Waals surface area contributed by atoms with Crippen molar-refractivity contribution in [2.45, 2.75) is 31.5 Å². The fourth-order valence-corrected chi connectivity index (χ4v) is 5.59. The van der Waals surface area contributed by atoms with Gasteiger partial charge >= 0.3 is 0 Å². The minimum atomic E-state index is -1.45. The summed E-state index contributed by atoms with van der Waals surface area (Å²) in [5.41, 5.74) is 6.76. The third-order valence-corrected chi connectivity index (χ3v) is 6.99. The summed E-state index contributed by atoms with van der Waals surface area (Å²) in [6, 6.07) is 11.8. The summed E-state index contributed by atoms with van der Waals surface area (Å²) in [4.78, 5) is 53.7. The van der Waals surface area contributed by atoms with E-state index in [1.807, 2.05) is 19.1 Å². The van der Waals surface area contributed by atoms with Crippen LogP contribution in [0.4, 0.5) is 5.69 Å². The number of carbonyl (C=O) groups is 4. The van der Waals surface area contributed by atoms with Crippen LogP contribution in [0.25, 0.3) is 0 Å². The molecule has 4 N–H and O–H groups in total. The molecule has 0 radical (unpaired) electrons. The zero-order valence-corrected chi connectivity index (χ0v) is 18.3. The Labute approximate surface area is 190 Å². The fraction of sp³-hybridized carbons (Fsp3) is 0.333. The van der Waals surface area contributed by atoms with E-state index >= 15 is 0 Å².